The van der Waals surface area contributed by atoms with Gasteiger partial charge in [-0.1, -0.05) is 31.5 Å². The quantitative estimate of drug-likeness (QED) is 0.886. The average molecular weight is 248 g/mol. The maximum absolute atomic E-state index is 11.9. The Balaban J connectivity index is 2.03. The zero-order valence-electron chi connectivity index (χ0n) is 10.3. The fourth-order valence-corrected chi connectivity index (χ4v) is 1.91. The van der Waals surface area contributed by atoms with E-state index in [-0.39, 0.29) is 11.9 Å². The Morgan fingerprint density at radius 2 is 2.17 bits per heavy atom. The number of hydrazine groups is 1. The summed E-state index contributed by atoms with van der Waals surface area (Å²) in [6.07, 6.45) is 1.25. The van der Waals surface area contributed by atoms with E-state index in [1.807, 2.05) is 13.0 Å². The largest absolute Gasteiger partial charge is 0.446 e. The summed E-state index contributed by atoms with van der Waals surface area (Å²) < 4.78 is 4.94. The number of nitrogens with zero attached hydrogens (tertiary/aromatic N) is 1. The number of benzene rings is 1. The van der Waals surface area contributed by atoms with E-state index in [1.54, 1.807) is 24.3 Å². The molecule has 1 aliphatic heterocycles. The normalized spacial score (nSPS) is 18.6. The number of carbonyl (C=O) groups is 2. The number of hydrogen-bond donors (Lipinski definition) is 1. The van der Waals surface area contributed by atoms with Crippen molar-refractivity contribution in [2.24, 2.45) is 0 Å². The van der Waals surface area contributed by atoms with Crippen molar-refractivity contribution in [1.82, 2.24) is 10.4 Å². The van der Waals surface area contributed by atoms with Gasteiger partial charge in [0.15, 0.2) is 0 Å². The molecule has 1 N–H and O–H groups in total. The van der Waals surface area contributed by atoms with Crippen molar-refractivity contribution < 1.29 is 14.3 Å². The first-order valence-corrected chi connectivity index (χ1v) is 6.04. The minimum Gasteiger partial charge on any atom is -0.446 e. The molecule has 0 aromatic heterocycles. The van der Waals surface area contributed by atoms with Gasteiger partial charge in [0.1, 0.15) is 6.61 Å². The minimum atomic E-state index is -0.488. The van der Waals surface area contributed by atoms with Gasteiger partial charge >= 0.3 is 6.09 Å². The summed E-state index contributed by atoms with van der Waals surface area (Å²) in [4.78, 5) is 23.5. The van der Waals surface area contributed by atoms with E-state index in [0.29, 0.717) is 12.2 Å². The third-order valence-corrected chi connectivity index (χ3v) is 2.84. The van der Waals surface area contributed by atoms with Gasteiger partial charge in [0.05, 0.1) is 6.04 Å². The van der Waals surface area contributed by atoms with Crippen LogP contribution in [0, 0.1) is 0 Å². The number of hydrogen-bond acceptors (Lipinski definition) is 3. The highest BCUT2D eigenvalue weighted by Gasteiger charge is 2.33. The van der Waals surface area contributed by atoms with Crippen LogP contribution < -0.4 is 5.43 Å². The SMILES string of the molecule is CCCC1COC(=O)N1NC(=O)c1ccccc1. The lowest BCUT2D eigenvalue weighted by Gasteiger charge is -2.21. The van der Waals surface area contributed by atoms with Crippen LogP contribution in [0.3, 0.4) is 0 Å². The van der Waals surface area contributed by atoms with E-state index >= 15 is 0 Å². The molecular weight excluding hydrogens is 232 g/mol. The summed E-state index contributed by atoms with van der Waals surface area (Å²) in [6.45, 7) is 2.36. The monoisotopic (exact) mass is 248 g/mol. The van der Waals surface area contributed by atoms with Crippen LogP contribution in [0.5, 0.6) is 0 Å². The molecule has 0 radical (unpaired) electrons. The van der Waals surface area contributed by atoms with Crippen LogP contribution in [-0.2, 0) is 4.74 Å². The molecule has 0 aliphatic carbocycles. The molecule has 96 valence electrons. The highest BCUT2D eigenvalue weighted by Crippen LogP contribution is 2.14. The van der Waals surface area contributed by atoms with Crippen molar-refractivity contribution in [2.45, 2.75) is 25.8 Å². The van der Waals surface area contributed by atoms with E-state index in [2.05, 4.69) is 5.43 Å². The summed E-state index contributed by atoms with van der Waals surface area (Å²) in [7, 11) is 0. The maximum Gasteiger partial charge on any atom is 0.429 e. The molecule has 1 heterocycles. The van der Waals surface area contributed by atoms with Crippen molar-refractivity contribution >= 4 is 12.0 Å². The van der Waals surface area contributed by atoms with E-state index in [0.717, 1.165) is 12.8 Å². The van der Waals surface area contributed by atoms with Crippen LogP contribution in [0.25, 0.3) is 0 Å². The Morgan fingerprint density at radius 1 is 1.44 bits per heavy atom. The van der Waals surface area contributed by atoms with Gasteiger partial charge in [0.2, 0.25) is 0 Å². The molecule has 1 aromatic carbocycles. The molecule has 2 amide bonds. The van der Waals surface area contributed by atoms with Crippen molar-refractivity contribution in [3.8, 4) is 0 Å². The summed E-state index contributed by atoms with van der Waals surface area (Å²) in [5.41, 5.74) is 3.12. The van der Waals surface area contributed by atoms with E-state index in [1.165, 1.54) is 5.01 Å². The molecule has 0 bridgehead atoms. The van der Waals surface area contributed by atoms with E-state index < -0.39 is 6.09 Å². The van der Waals surface area contributed by atoms with Crippen LogP contribution in [-0.4, -0.2) is 29.7 Å². The number of ether oxygens (including phenoxy) is 1. The zero-order chi connectivity index (χ0) is 13.0. The third-order valence-electron chi connectivity index (χ3n) is 2.84. The molecule has 5 nitrogen and oxygen atoms in total. The third kappa shape index (κ3) is 2.61. The minimum absolute atomic E-state index is 0.0739. The Kier molecular flexibility index (Phi) is 3.82. The zero-order valence-corrected chi connectivity index (χ0v) is 10.3. The lowest BCUT2D eigenvalue weighted by Crippen LogP contribution is -2.47. The molecular formula is C13H16N2O3. The molecule has 1 aromatic rings. The number of amides is 2. The van der Waals surface area contributed by atoms with Gasteiger partial charge in [-0.3, -0.25) is 10.2 Å². The van der Waals surface area contributed by atoms with Gasteiger partial charge in [-0.05, 0) is 18.6 Å². The van der Waals surface area contributed by atoms with E-state index in [9.17, 15) is 9.59 Å². The van der Waals surface area contributed by atoms with Crippen LogP contribution in [0.15, 0.2) is 30.3 Å². The molecule has 5 heteroatoms. The van der Waals surface area contributed by atoms with Crippen molar-refractivity contribution in [3.05, 3.63) is 35.9 Å². The van der Waals surface area contributed by atoms with Gasteiger partial charge < -0.3 is 4.74 Å². The Morgan fingerprint density at radius 3 is 2.83 bits per heavy atom. The predicted octanol–water partition coefficient (Wildman–Crippen LogP) is 1.95. The first kappa shape index (κ1) is 12.4. The molecule has 1 fully saturated rings. The number of rotatable bonds is 4. The first-order chi connectivity index (χ1) is 8.72. The second kappa shape index (κ2) is 5.53. The Labute approximate surface area is 106 Å². The fraction of sp³-hybridized carbons (Fsp3) is 0.385. The number of cyclic esters (lactones) is 1. The van der Waals surface area contributed by atoms with Crippen LogP contribution in [0.4, 0.5) is 4.79 Å². The molecule has 18 heavy (non-hydrogen) atoms. The number of carbonyl (C=O) groups excluding carboxylic acids is 2. The molecule has 1 aliphatic rings. The predicted molar refractivity (Wildman–Crippen MR) is 65.8 cm³/mol. The molecule has 1 unspecified atom stereocenters. The highest BCUT2D eigenvalue weighted by atomic mass is 16.6. The molecule has 0 saturated carbocycles. The Bertz CT molecular complexity index is 433. The van der Waals surface area contributed by atoms with Crippen LogP contribution >= 0.6 is 0 Å². The van der Waals surface area contributed by atoms with Gasteiger partial charge in [-0.15, -0.1) is 0 Å². The van der Waals surface area contributed by atoms with Crippen molar-refractivity contribution in [1.29, 1.82) is 0 Å². The molecule has 1 saturated heterocycles. The lowest BCUT2D eigenvalue weighted by atomic mass is 10.2. The second-order valence-corrected chi connectivity index (χ2v) is 4.20. The summed E-state index contributed by atoms with van der Waals surface area (Å²) >= 11 is 0. The van der Waals surface area contributed by atoms with Gasteiger partial charge in [-0.25, -0.2) is 9.80 Å². The summed E-state index contributed by atoms with van der Waals surface area (Å²) in [5.74, 6) is -0.296. The van der Waals surface area contributed by atoms with Crippen molar-refractivity contribution in [2.75, 3.05) is 6.61 Å². The first-order valence-electron chi connectivity index (χ1n) is 6.04. The highest BCUT2D eigenvalue weighted by molar-refractivity contribution is 5.95. The van der Waals surface area contributed by atoms with Gasteiger partial charge in [0.25, 0.3) is 5.91 Å². The smallest absolute Gasteiger partial charge is 0.429 e. The standard InChI is InChI=1S/C13H16N2O3/c1-2-6-11-9-18-13(17)15(11)14-12(16)10-7-4-3-5-8-10/h3-5,7-8,11H,2,6,9H2,1H3,(H,14,16). The Hall–Kier alpha value is -2.04. The lowest BCUT2D eigenvalue weighted by molar-refractivity contribution is 0.0793. The van der Waals surface area contributed by atoms with Crippen molar-refractivity contribution in [3.63, 3.8) is 0 Å². The fourth-order valence-electron chi connectivity index (χ4n) is 1.91. The molecule has 2 rings (SSSR count). The molecule has 0 spiro atoms. The van der Waals surface area contributed by atoms with Crippen LogP contribution in [0.2, 0.25) is 0 Å². The number of nitrogens with one attached hydrogen (secondary N) is 1. The second-order valence-electron chi connectivity index (χ2n) is 4.20. The van der Waals surface area contributed by atoms with E-state index in [4.69, 9.17) is 4.74 Å². The summed E-state index contributed by atoms with van der Waals surface area (Å²) in [6, 6.07) is 8.72. The van der Waals surface area contributed by atoms with Crippen LogP contribution in [0.1, 0.15) is 30.1 Å². The summed E-state index contributed by atoms with van der Waals surface area (Å²) in [5, 5.41) is 1.29. The maximum atomic E-state index is 11.9. The average Bonchev–Trinajstić information content (AvgIpc) is 2.73. The van der Waals surface area contributed by atoms with Gasteiger partial charge in [-0.2, -0.15) is 0 Å². The molecule has 1 atom stereocenters. The topological polar surface area (TPSA) is 58.6 Å². The van der Waals surface area contributed by atoms with Gasteiger partial charge in [0, 0.05) is 5.56 Å².